The Labute approximate surface area is 121 Å². The zero-order valence-electron chi connectivity index (χ0n) is 10.8. The molecule has 0 saturated carbocycles. The van der Waals surface area contributed by atoms with E-state index in [2.05, 4.69) is 39.4 Å². The summed E-state index contributed by atoms with van der Waals surface area (Å²) in [6.07, 6.45) is 3.88. The zero-order chi connectivity index (χ0) is 13.2. The first kappa shape index (κ1) is 12.8. The minimum Gasteiger partial charge on any atom is -0.493 e. The molecule has 0 bridgehead atoms. The maximum absolute atomic E-state index is 5.89. The number of nitrogens with one attached hydrogen (secondary N) is 1. The van der Waals surface area contributed by atoms with Crippen molar-refractivity contribution < 1.29 is 9.15 Å². The van der Waals surface area contributed by atoms with E-state index in [1.54, 1.807) is 6.26 Å². The first-order valence-electron chi connectivity index (χ1n) is 6.46. The van der Waals surface area contributed by atoms with E-state index in [4.69, 9.17) is 9.15 Å². The third kappa shape index (κ3) is 2.30. The van der Waals surface area contributed by atoms with E-state index in [9.17, 15) is 0 Å². The molecule has 0 fully saturated rings. The normalized spacial score (nSPS) is 15.7. The number of fused-ring (bicyclic) bond motifs is 1. The van der Waals surface area contributed by atoms with Crippen LogP contribution in [0, 0.1) is 0 Å². The molecular weight excluding hydrogens is 306 g/mol. The van der Waals surface area contributed by atoms with Gasteiger partial charge in [0, 0.05) is 11.1 Å². The molecule has 4 heteroatoms. The molecule has 3 nitrogen and oxygen atoms in total. The summed E-state index contributed by atoms with van der Waals surface area (Å²) in [5, 5.41) is 3.34. The maximum atomic E-state index is 5.89. The average Bonchev–Trinajstić information content (AvgIpc) is 2.86. The summed E-state index contributed by atoms with van der Waals surface area (Å²) in [4.78, 5) is 0. The Hall–Kier alpha value is -1.26. The fourth-order valence-corrected chi connectivity index (χ4v) is 3.10. The molecule has 100 valence electrons. The number of rotatable bonds is 3. The highest BCUT2D eigenvalue weighted by Crippen LogP contribution is 2.37. The molecule has 0 radical (unpaired) electrons. The lowest BCUT2D eigenvalue weighted by molar-refractivity contribution is 0.283. The van der Waals surface area contributed by atoms with Crippen LogP contribution in [-0.4, -0.2) is 13.7 Å². The third-order valence-corrected chi connectivity index (χ3v) is 4.17. The highest BCUT2D eigenvalue weighted by molar-refractivity contribution is 9.10. The molecule has 1 aromatic carbocycles. The molecule has 1 aliphatic heterocycles. The van der Waals surface area contributed by atoms with Gasteiger partial charge in [-0.1, -0.05) is 18.2 Å². The Balaban J connectivity index is 2.07. The molecule has 2 aromatic rings. The van der Waals surface area contributed by atoms with E-state index < -0.39 is 0 Å². The van der Waals surface area contributed by atoms with Crippen LogP contribution in [0.5, 0.6) is 5.75 Å². The van der Waals surface area contributed by atoms with Crippen LogP contribution in [0.2, 0.25) is 0 Å². The van der Waals surface area contributed by atoms with Gasteiger partial charge in [-0.15, -0.1) is 0 Å². The highest BCUT2D eigenvalue weighted by Gasteiger charge is 2.23. The van der Waals surface area contributed by atoms with Crippen LogP contribution in [0.3, 0.4) is 0 Å². The summed E-state index contributed by atoms with van der Waals surface area (Å²) in [6, 6.07) is 8.41. The van der Waals surface area contributed by atoms with Crippen molar-refractivity contribution in [2.24, 2.45) is 0 Å². The van der Waals surface area contributed by atoms with Gasteiger partial charge in [0.25, 0.3) is 0 Å². The Morgan fingerprint density at radius 1 is 1.26 bits per heavy atom. The number of aryl methyl sites for hydroxylation is 1. The van der Waals surface area contributed by atoms with E-state index in [1.807, 2.05) is 13.1 Å². The van der Waals surface area contributed by atoms with Crippen molar-refractivity contribution in [3.05, 3.63) is 51.9 Å². The quantitative estimate of drug-likeness (QED) is 0.936. The largest absolute Gasteiger partial charge is 0.493 e. The first-order valence-corrected chi connectivity index (χ1v) is 7.25. The van der Waals surface area contributed by atoms with Crippen molar-refractivity contribution in [1.82, 2.24) is 5.32 Å². The van der Waals surface area contributed by atoms with E-state index in [1.165, 1.54) is 11.1 Å². The number of ether oxygens (including phenoxy) is 1. The molecule has 1 aromatic heterocycles. The summed E-state index contributed by atoms with van der Waals surface area (Å²) in [5.41, 5.74) is 3.55. The lowest BCUT2D eigenvalue weighted by atomic mass is 9.95. The topological polar surface area (TPSA) is 34.4 Å². The second kappa shape index (κ2) is 5.39. The van der Waals surface area contributed by atoms with Crippen LogP contribution in [-0.2, 0) is 6.42 Å². The van der Waals surface area contributed by atoms with Gasteiger partial charge in [0.2, 0.25) is 0 Å². The monoisotopic (exact) mass is 321 g/mol. The van der Waals surface area contributed by atoms with Gasteiger partial charge < -0.3 is 14.5 Å². The van der Waals surface area contributed by atoms with Gasteiger partial charge in [-0.05, 0) is 47.4 Å². The number of hydrogen-bond acceptors (Lipinski definition) is 3. The van der Waals surface area contributed by atoms with Crippen molar-refractivity contribution in [2.45, 2.75) is 18.9 Å². The average molecular weight is 322 g/mol. The molecule has 1 atom stereocenters. The van der Waals surface area contributed by atoms with Crippen molar-refractivity contribution in [1.29, 1.82) is 0 Å². The molecule has 0 amide bonds. The van der Waals surface area contributed by atoms with E-state index in [0.29, 0.717) is 0 Å². The van der Waals surface area contributed by atoms with Crippen molar-refractivity contribution in [3.63, 3.8) is 0 Å². The smallest absolute Gasteiger partial charge is 0.174 e. The van der Waals surface area contributed by atoms with Crippen LogP contribution in [0.25, 0.3) is 0 Å². The fourth-order valence-electron chi connectivity index (χ4n) is 2.63. The third-order valence-electron chi connectivity index (χ3n) is 3.52. The van der Waals surface area contributed by atoms with Crippen LogP contribution in [0.15, 0.2) is 39.6 Å². The first-order chi connectivity index (χ1) is 9.31. The number of hydrogen-bond donors (Lipinski definition) is 1. The fraction of sp³-hybridized carbons (Fsp3) is 0.333. The number of benzene rings is 1. The van der Waals surface area contributed by atoms with Gasteiger partial charge in [0.15, 0.2) is 4.67 Å². The molecular formula is C15H16BrNO2. The predicted molar refractivity (Wildman–Crippen MR) is 77.6 cm³/mol. The van der Waals surface area contributed by atoms with Crippen molar-refractivity contribution in [3.8, 4) is 5.75 Å². The van der Waals surface area contributed by atoms with Crippen LogP contribution in [0.1, 0.15) is 29.2 Å². The summed E-state index contributed by atoms with van der Waals surface area (Å²) >= 11 is 3.45. The lowest BCUT2D eigenvalue weighted by Crippen LogP contribution is -2.20. The summed E-state index contributed by atoms with van der Waals surface area (Å²) in [5.74, 6) is 1.03. The molecule has 1 unspecified atom stereocenters. The Morgan fingerprint density at radius 3 is 2.89 bits per heavy atom. The van der Waals surface area contributed by atoms with E-state index >= 15 is 0 Å². The van der Waals surface area contributed by atoms with Crippen molar-refractivity contribution >= 4 is 15.9 Å². The molecule has 19 heavy (non-hydrogen) atoms. The number of para-hydroxylation sites is 1. The second-order valence-electron chi connectivity index (χ2n) is 4.66. The molecule has 2 heterocycles. The second-order valence-corrected chi connectivity index (χ2v) is 5.38. The van der Waals surface area contributed by atoms with Crippen LogP contribution < -0.4 is 10.1 Å². The zero-order valence-corrected chi connectivity index (χ0v) is 12.4. The number of furan rings is 1. The molecule has 0 spiro atoms. The SMILES string of the molecule is CNC(c1ccoc1Br)c1cccc2c1OCCC2. The maximum Gasteiger partial charge on any atom is 0.174 e. The Kier molecular flexibility index (Phi) is 3.62. The summed E-state index contributed by atoms with van der Waals surface area (Å²) in [7, 11) is 1.95. The van der Waals surface area contributed by atoms with Gasteiger partial charge in [-0.25, -0.2) is 0 Å². The minimum atomic E-state index is 0.0705. The van der Waals surface area contributed by atoms with Gasteiger partial charge in [-0.3, -0.25) is 0 Å². The van der Waals surface area contributed by atoms with Crippen LogP contribution >= 0.6 is 15.9 Å². The predicted octanol–water partition coefficient (Wildman–Crippen LogP) is 3.68. The van der Waals surface area contributed by atoms with Gasteiger partial charge >= 0.3 is 0 Å². The van der Waals surface area contributed by atoms with Gasteiger partial charge in [-0.2, -0.15) is 0 Å². The number of halogens is 1. The summed E-state index contributed by atoms with van der Waals surface area (Å²) < 4.78 is 12.0. The van der Waals surface area contributed by atoms with E-state index in [0.717, 1.165) is 35.4 Å². The minimum absolute atomic E-state index is 0.0705. The molecule has 0 aliphatic carbocycles. The Morgan fingerprint density at radius 2 is 2.16 bits per heavy atom. The molecule has 0 saturated heterocycles. The molecule has 3 rings (SSSR count). The molecule has 1 aliphatic rings. The van der Waals surface area contributed by atoms with Gasteiger partial charge in [0.05, 0.1) is 18.9 Å². The summed E-state index contributed by atoms with van der Waals surface area (Å²) in [6.45, 7) is 0.799. The van der Waals surface area contributed by atoms with Gasteiger partial charge in [0.1, 0.15) is 5.75 Å². The van der Waals surface area contributed by atoms with E-state index in [-0.39, 0.29) is 6.04 Å². The standard InChI is InChI=1S/C15H16BrNO2/c1-17-13(12-7-9-19-15(12)16)11-6-2-4-10-5-3-8-18-14(10)11/h2,4,6-7,9,13,17H,3,5,8H2,1H3. The van der Waals surface area contributed by atoms with Crippen LogP contribution in [0.4, 0.5) is 0 Å². The highest BCUT2D eigenvalue weighted by atomic mass is 79.9. The molecule has 1 N–H and O–H groups in total. The van der Waals surface area contributed by atoms with Crippen molar-refractivity contribution in [2.75, 3.05) is 13.7 Å². The Bertz CT molecular complexity index is 579. The lowest BCUT2D eigenvalue weighted by Gasteiger charge is -2.24.